The van der Waals surface area contributed by atoms with E-state index in [0.717, 1.165) is 26.5 Å². The van der Waals surface area contributed by atoms with E-state index in [-0.39, 0.29) is 44.3 Å². The number of alkyl carbamates (subject to hydrolysis) is 1. The summed E-state index contributed by atoms with van der Waals surface area (Å²) >= 11 is 4.26. The van der Waals surface area contributed by atoms with Crippen molar-refractivity contribution in [3.05, 3.63) is 66.8 Å². The molecule has 2 aromatic carbocycles. The molecule has 0 aromatic heterocycles. The molecule has 0 bridgehead atoms. The Morgan fingerprint density at radius 3 is 1.53 bits per heavy atom. The van der Waals surface area contributed by atoms with E-state index in [1.54, 1.807) is 36.4 Å². The zero-order valence-electron chi connectivity index (χ0n) is 39.0. The number of hydrogen-bond acceptors (Lipinski definition) is 19. The zero-order valence-corrected chi connectivity index (χ0v) is 43.3. The van der Waals surface area contributed by atoms with Crippen molar-refractivity contribution in [2.24, 2.45) is 5.92 Å². The number of esters is 1. The lowest BCUT2D eigenvalue weighted by Crippen LogP contribution is -2.50. The number of nitrogens with zero attached hydrogens (tertiary/aromatic N) is 1. The molecule has 1 aliphatic rings. The highest BCUT2D eigenvalue weighted by molar-refractivity contribution is 14.1. The monoisotopic (exact) mass is 1300 g/mol. The number of hydroxylamine groups is 2. The van der Waals surface area contributed by atoms with Crippen LogP contribution in [0, 0.1) is 13.1 Å². The van der Waals surface area contributed by atoms with Crippen LogP contribution in [0.5, 0.6) is 0 Å². The number of hydrogen-bond donors (Lipinski definition) is 7. The van der Waals surface area contributed by atoms with Gasteiger partial charge in [-0.3, -0.25) is 33.6 Å². The van der Waals surface area contributed by atoms with Crippen LogP contribution in [0.2, 0.25) is 0 Å². The molecule has 75 heavy (non-hydrogen) atoms. The van der Waals surface area contributed by atoms with Crippen LogP contribution in [0.25, 0.3) is 0 Å². The van der Waals surface area contributed by atoms with E-state index in [1.165, 1.54) is 0 Å². The molecule has 32 heteroatoms. The van der Waals surface area contributed by atoms with Crippen LogP contribution in [0.4, 0.5) is 18.0 Å². The van der Waals surface area contributed by atoms with E-state index < -0.39 is 97.1 Å². The number of carbonyl (C=O) groups is 11. The molecule has 0 spiro atoms. The first-order valence-electron chi connectivity index (χ1n) is 21.0. The highest BCUT2D eigenvalue weighted by Crippen LogP contribution is 2.16. The van der Waals surface area contributed by atoms with Gasteiger partial charge in [0.1, 0.15) is 12.0 Å². The summed E-state index contributed by atoms with van der Waals surface area (Å²) in [6.45, 7) is 1.61. The summed E-state index contributed by atoms with van der Waals surface area (Å²) in [5.74, 6) is -12.0. The second-order valence-corrected chi connectivity index (χ2v) is 16.5. The molecule has 1 fully saturated rings. The normalized spacial score (nSPS) is 11.6. The molecular formula is C43H49F3I2N4O23. The number of carbonyl (C=O) groups excluding carboxylic acids is 11. The molecule has 4 amide bonds. The predicted octanol–water partition coefficient (Wildman–Crippen LogP) is 0.996. The number of unbranched alkanes of at least 4 members (excludes halogenated alkanes) is 4. The van der Waals surface area contributed by atoms with Crippen LogP contribution in [-0.2, 0) is 71.8 Å². The van der Waals surface area contributed by atoms with Crippen molar-refractivity contribution in [1.29, 1.82) is 0 Å². The van der Waals surface area contributed by atoms with Gasteiger partial charge in [0.15, 0.2) is 0 Å². The number of rotatable bonds is 23. The van der Waals surface area contributed by atoms with Crippen LogP contribution >= 0.6 is 45.2 Å². The van der Waals surface area contributed by atoms with E-state index in [2.05, 4.69) is 56.2 Å². The molecule has 1 heterocycles. The van der Waals surface area contributed by atoms with E-state index in [0.29, 0.717) is 48.4 Å². The molecule has 0 aliphatic carbocycles. The van der Waals surface area contributed by atoms with Gasteiger partial charge in [-0.1, -0.05) is 0 Å². The number of ether oxygens (including phenoxy) is 2. The van der Waals surface area contributed by atoms with Crippen molar-refractivity contribution in [2.45, 2.75) is 82.8 Å². The molecule has 3 rings (SSSR count). The van der Waals surface area contributed by atoms with E-state index in [4.69, 9.17) is 63.8 Å². The molecule has 0 radical (unpaired) electrons. The van der Waals surface area contributed by atoms with Crippen molar-refractivity contribution >= 4 is 123 Å². The fourth-order valence-electron chi connectivity index (χ4n) is 4.77. The molecule has 1 aliphatic heterocycles. The van der Waals surface area contributed by atoms with E-state index in [1.807, 2.05) is 17.4 Å². The maximum atomic E-state index is 11.9. The number of nitrogens with one attached hydrogen (secondary N) is 2. The minimum absolute atomic E-state index is 0.0658. The molecule has 414 valence electrons. The Balaban J connectivity index is -0.000000947. The third-order valence-electron chi connectivity index (χ3n) is 8.25. The summed E-state index contributed by atoms with van der Waals surface area (Å²) in [5, 5.41) is 48.7. The molecule has 0 unspecified atom stereocenters. The smallest absolute Gasteiger partial charge is 0.430 e. The lowest BCUT2D eigenvalue weighted by Gasteiger charge is -2.12. The van der Waals surface area contributed by atoms with Gasteiger partial charge >= 0.3 is 60.4 Å². The first-order chi connectivity index (χ1) is 35.1. The number of amides is 4. The Bertz CT molecular complexity index is 2230. The Hall–Kier alpha value is -7.42. The van der Waals surface area contributed by atoms with Gasteiger partial charge in [-0.05, 0) is 132 Å². The fraction of sp³-hybridized carbons (Fsp3) is 0.419. The Kier molecular flexibility index (Phi) is 40.2. The Labute approximate surface area is 449 Å². The Morgan fingerprint density at radius 2 is 1.12 bits per heavy atom. The lowest BCUT2D eigenvalue weighted by molar-refractivity contribution is -0.368. The summed E-state index contributed by atoms with van der Waals surface area (Å²) in [5.41, 5.74) is 4.57. The van der Waals surface area contributed by atoms with Crippen molar-refractivity contribution in [3.8, 4) is 0 Å². The quantitative estimate of drug-likeness (QED) is 0.0353. The third-order valence-corrected chi connectivity index (χ3v) is 9.69. The van der Waals surface area contributed by atoms with Crippen molar-refractivity contribution < 1.29 is 131 Å². The standard InChI is InChI=1S/C17H21IN2O7.C11H8INO4.C11H19NO6.C2HF3O2.2CO2/c18-12-6-4-11(5-7-12)15(23)19-8-2-1-3-9-27-17(26)20-13(16(24)25)10-14(21)22;12-8-3-1-7(2-4-8)11(16)17-13-9(14)5-6-10(13)15;12-4-2-1-3-5-18-10(15)7-8(11(16)17)6-9(13)14;3-2(4,5)1(6)7;2*2-1-3/h4-7,13H,1-3,8-10H2,(H,19,23)(H,20,26)(H,21,22)(H,24,25);1-4H,5-6H2;8H,1-7,12H2,(H,13,14)(H,16,17);(H,6,7);;/t13-;;8-;;;/m0.1.../s1/i18-2;12-2;;;;. The van der Waals surface area contributed by atoms with Crippen LogP contribution in [0.3, 0.4) is 0 Å². The average Bonchev–Trinajstić information content (AvgIpc) is 3.63. The van der Waals surface area contributed by atoms with Gasteiger partial charge in [-0.25, -0.2) is 14.4 Å². The highest BCUT2D eigenvalue weighted by Gasteiger charge is 2.33. The first kappa shape index (κ1) is 71.8. The molecule has 0 saturated carbocycles. The van der Waals surface area contributed by atoms with Crippen LogP contribution in [0.1, 0.15) is 91.3 Å². The van der Waals surface area contributed by atoms with Gasteiger partial charge in [0.25, 0.3) is 17.7 Å². The fourth-order valence-corrected chi connectivity index (χ4v) is 5.49. The Morgan fingerprint density at radius 1 is 0.680 bits per heavy atom. The maximum absolute atomic E-state index is 11.9. The summed E-state index contributed by atoms with van der Waals surface area (Å²) in [4.78, 5) is 157. The van der Waals surface area contributed by atoms with Crippen LogP contribution in [0.15, 0.2) is 48.5 Å². The average molecular weight is 1300 g/mol. The number of imide groups is 1. The first-order valence-corrected chi connectivity index (χ1v) is 23.2. The van der Waals surface area contributed by atoms with Gasteiger partial charge in [-0.15, -0.1) is 5.06 Å². The van der Waals surface area contributed by atoms with Gasteiger partial charge in [0.05, 0.1) is 50.5 Å². The molecule has 27 nitrogen and oxygen atoms in total. The van der Waals surface area contributed by atoms with Gasteiger partial charge in [0.2, 0.25) is 0 Å². The number of carboxylic acid groups (broad SMARTS) is 5. The molecule has 2 atom stereocenters. The van der Waals surface area contributed by atoms with Crippen molar-refractivity contribution in [1.82, 2.24) is 15.7 Å². The maximum Gasteiger partial charge on any atom is 0.430 e. The minimum atomic E-state index is -5.19. The minimum Gasteiger partial charge on any atom is -0.542 e. The predicted molar refractivity (Wildman–Crippen MR) is 251 cm³/mol. The molecular weight excluding hydrogens is 1250 g/mol. The van der Waals surface area contributed by atoms with Crippen molar-refractivity contribution in [3.63, 3.8) is 0 Å². The summed E-state index contributed by atoms with van der Waals surface area (Å²) in [6, 6.07) is 12.3. The third kappa shape index (κ3) is 38.8. The number of benzene rings is 2. The summed E-state index contributed by atoms with van der Waals surface area (Å²) < 4.78 is 43.2. The van der Waals surface area contributed by atoms with Crippen LogP contribution in [-0.4, -0.2) is 142 Å². The molecule has 1 saturated heterocycles. The summed E-state index contributed by atoms with van der Waals surface area (Å²) in [6.07, 6.45) is -2.72. The highest BCUT2D eigenvalue weighted by atomic mass is 125. The SMILES string of the molecule is O=C(O)C[C@H](NC(=O)OCCCCCNC(=O)c1ccc([125I])cc1)C(=O)O.O=C(ON1C(=O)CCC1=O)c1ccc([125I])cc1.O=C([O-])C(F)(F)F.O=C=O.O=C=O.[NH3+]CCCCCOC(=O)C[C@@H](CC(=O)O)C(=O)O. The van der Waals surface area contributed by atoms with Gasteiger partial charge in [-0.2, -0.15) is 32.3 Å². The van der Waals surface area contributed by atoms with Gasteiger partial charge in [0, 0.05) is 32.1 Å². The molecule has 9 N–H and O–H groups in total. The summed E-state index contributed by atoms with van der Waals surface area (Å²) in [7, 11) is 0. The number of aliphatic carboxylic acids is 5. The second-order valence-electron chi connectivity index (χ2n) is 14.0. The number of quaternary nitrogens is 1. The van der Waals surface area contributed by atoms with E-state index in [9.17, 15) is 61.1 Å². The number of alkyl halides is 3. The zero-order chi connectivity index (χ0) is 58.1. The van der Waals surface area contributed by atoms with Crippen molar-refractivity contribution in [2.75, 3.05) is 26.3 Å². The largest absolute Gasteiger partial charge is 0.542 e. The van der Waals surface area contributed by atoms with E-state index >= 15 is 0 Å². The van der Waals surface area contributed by atoms with Gasteiger partial charge < -0.3 is 61.0 Å². The number of halogens is 5. The molecule has 2 aromatic rings. The second kappa shape index (κ2) is 42.0. The lowest BCUT2D eigenvalue weighted by atomic mass is 10.0. The van der Waals surface area contributed by atoms with Crippen LogP contribution < -0.4 is 21.5 Å². The topological polar surface area (TPSA) is 443 Å². The number of carboxylic acids is 5.